The lowest BCUT2D eigenvalue weighted by atomic mass is 9.95. The number of hydrogen-bond donors (Lipinski definition) is 0. The van der Waals surface area contributed by atoms with Crippen LogP contribution in [0.15, 0.2) is 17.5 Å². The molecular weight excluding hydrogens is 382 g/mol. The molecule has 0 N–H and O–H groups in total. The Hall–Kier alpha value is -2.00. The first kappa shape index (κ1) is 18.4. The fourth-order valence-electron chi connectivity index (χ4n) is 3.66. The minimum Gasteiger partial charge on any atom is -0.343 e. The van der Waals surface area contributed by atoms with Crippen molar-refractivity contribution in [1.82, 2.24) is 20.0 Å². The molecule has 2 aromatic heterocycles. The highest BCUT2D eigenvalue weighted by molar-refractivity contribution is 7.22. The highest BCUT2D eigenvalue weighted by Crippen LogP contribution is 2.32. The SMILES string of the molecule is CC(=O)N1CCC(C(=O)N2CCN(c3nnc(-c4cccs4)s3)CC2)CC1. The number of hydrogen-bond acceptors (Lipinski definition) is 7. The summed E-state index contributed by atoms with van der Waals surface area (Å²) >= 11 is 3.28. The van der Waals surface area contributed by atoms with Crippen LogP contribution in [0.5, 0.6) is 0 Å². The first-order chi connectivity index (χ1) is 13.1. The Balaban J connectivity index is 1.30. The van der Waals surface area contributed by atoms with Gasteiger partial charge in [-0.05, 0) is 24.3 Å². The summed E-state index contributed by atoms with van der Waals surface area (Å²) in [6.07, 6.45) is 1.55. The van der Waals surface area contributed by atoms with Crippen molar-refractivity contribution in [2.45, 2.75) is 19.8 Å². The molecule has 4 rings (SSSR count). The standard InChI is InChI=1S/C18H23N5O2S2/c1-13(24)21-6-4-14(5-7-21)17(25)22-8-10-23(11-9-22)18-20-19-16(27-18)15-3-2-12-26-15/h2-3,12,14H,4-11H2,1H3. The van der Waals surface area contributed by atoms with Gasteiger partial charge in [0.05, 0.1) is 4.88 Å². The van der Waals surface area contributed by atoms with Gasteiger partial charge in [0, 0.05) is 52.1 Å². The van der Waals surface area contributed by atoms with Crippen molar-refractivity contribution in [3.63, 3.8) is 0 Å². The van der Waals surface area contributed by atoms with Gasteiger partial charge in [-0.25, -0.2) is 0 Å². The van der Waals surface area contributed by atoms with Crippen LogP contribution in [0.4, 0.5) is 5.13 Å². The number of thiophene rings is 1. The lowest BCUT2D eigenvalue weighted by Crippen LogP contribution is -2.52. The second-order valence-corrected chi connectivity index (χ2v) is 8.86. The normalized spacial score (nSPS) is 18.8. The first-order valence-electron chi connectivity index (χ1n) is 9.28. The number of rotatable bonds is 3. The van der Waals surface area contributed by atoms with Crippen molar-refractivity contribution in [2.75, 3.05) is 44.2 Å². The zero-order valence-electron chi connectivity index (χ0n) is 15.3. The number of carbonyl (C=O) groups is 2. The van der Waals surface area contributed by atoms with Crippen LogP contribution in [-0.2, 0) is 9.59 Å². The summed E-state index contributed by atoms with van der Waals surface area (Å²) in [5.74, 6) is 0.405. The molecular formula is C18H23N5O2S2. The molecule has 7 nitrogen and oxygen atoms in total. The number of piperidine rings is 1. The third kappa shape index (κ3) is 3.98. The van der Waals surface area contributed by atoms with Gasteiger partial charge < -0.3 is 14.7 Å². The molecule has 2 aliphatic rings. The lowest BCUT2D eigenvalue weighted by Gasteiger charge is -2.38. The van der Waals surface area contributed by atoms with Crippen molar-refractivity contribution in [3.8, 4) is 9.88 Å². The Morgan fingerprint density at radius 2 is 1.78 bits per heavy atom. The van der Waals surface area contributed by atoms with E-state index in [1.165, 1.54) is 0 Å². The van der Waals surface area contributed by atoms with Crippen LogP contribution < -0.4 is 4.90 Å². The molecule has 2 saturated heterocycles. The van der Waals surface area contributed by atoms with Gasteiger partial charge in [0.2, 0.25) is 16.9 Å². The highest BCUT2D eigenvalue weighted by atomic mass is 32.1. The first-order valence-corrected chi connectivity index (χ1v) is 11.0. The number of aromatic nitrogens is 2. The molecule has 2 aliphatic heterocycles. The zero-order chi connectivity index (χ0) is 18.8. The molecule has 0 saturated carbocycles. The van der Waals surface area contributed by atoms with E-state index in [1.807, 2.05) is 21.2 Å². The predicted molar refractivity (Wildman–Crippen MR) is 107 cm³/mol. The maximum Gasteiger partial charge on any atom is 0.225 e. The number of piperazine rings is 1. The van der Waals surface area contributed by atoms with E-state index >= 15 is 0 Å². The minimum atomic E-state index is 0.0547. The average molecular weight is 406 g/mol. The van der Waals surface area contributed by atoms with Gasteiger partial charge in [-0.3, -0.25) is 9.59 Å². The van der Waals surface area contributed by atoms with E-state index in [0.717, 1.165) is 54.0 Å². The van der Waals surface area contributed by atoms with Crippen molar-refractivity contribution < 1.29 is 9.59 Å². The molecule has 0 spiro atoms. The molecule has 4 heterocycles. The maximum atomic E-state index is 12.8. The molecule has 2 fully saturated rings. The molecule has 2 aromatic rings. The molecule has 0 atom stereocenters. The van der Waals surface area contributed by atoms with Crippen LogP contribution >= 0.6 is 22.7 Å². The third-order valence-electron chi connectivity index (χ3n) is 5.30. The van der Waals surface area contributed by atoms with Crippen LogP contribution in [0, 0.1) is 5.92 Å². The van der Waals surface area contributed by atoms with Crippen LogP contribution in [0.1, 0.15) is 19.8 Å². The molecule has 0 bridgehead atoms. The third-order valence-corrected chi connectivity index (χ3v) is 7.32. The summed E-state index contributed by atoms with van der Waals surface area (Å²) in [6, 6.07) is 4.08. The molecule has 27 heavy (non-hydrogen) atoms. The van der Waals surface area contributed by atoms with Crippen molar-refractivity contribution in [1.29, 1.82) is 0 Å². The number of anilines is 1. The van der Waals surface area contributed by atoms with Gasteiger partial charge in [0.25, 0.3) is 0 Å². The predicted octanol–water partition coefficient (Wildman–Crippen LogP) is 2.17. The molecule has 0 aromatic carbocycles. The quantitative estimate of drug-likeness (QED) is 0.783. The van der Waals surface area contributed by atoms with E-state index in [2.05, 4.69) is 21.2 Å². The zero-order valence-corrected chi connectivity index (χ0v) is 17.0. The maximum absolute atomic E-state index is 12.8. The van der Waals surface area contributed by atoms with E-state index in [9.17, 15) is 9.59 Å². The van der Waals surface area contributed by atoms with E-state index in [1.54, 1.807) is 29.6 Å². The monoisotopic (exact) mass is 405 g/mol. The smallest absolute Gasteiger partial charge is 0.225 e. The highest BCUT2D eigenvalue weighted by Gasteiger charge is 2.31. The number of nitrogens with zero attached hydrogens (tertiary/aromatic N) is 5. The Labute approximate surface area is 166 Å². The Morgan fingerprint density at radius 3 is 2.41 bits per heavy atom. The summed E-state index contributed by atoms with van der Waals surface area (Å²) in [6.45, 7) is 6.01. The number of amides is 2. The largest absolute Gasteiger partial charge is 0.343 e. The minimum absolute atomic E-state index is 0.0547. The van der Waals surface area contributed by atoms with E-state index < -0.39 is 0 Å². The van der Waals surface area contributed by atoms with E-state index in [-0.39, 0.29) is 17.7 Å². The van der Waals surface area contributed by atoms with E-state index in [4.69, 9.17) is 0 Å². The summed E-state index contributed by atoms with van der Waals surface area (Å²) in [5.41, 5.74) is 0. The van der Waals surface area contributed by atoms with E-state index in [0.29, 0.717) is 13.1 Å². The molecule has 2 amide bonds. The summed E-state index contributed by atoms with van der Waals surface area (Å²) < 4.78 is 0. The second kappa shape index (κ2) is 7.93. The van der Waals surface area contributed by atoms with Crippen molar-refractivity contribution >= 4 is 39.6 Å². The second-order valence-electron chi connectivity index (χ2n) is 6.96. The lowest BCUT2D eigenvalue weighted by molar-refractivity contribution is -0.140. The van der Waals surface area contributed by atoms with Crippen molar-refractivity contribution in [3.05, 3.63) is 17.5 Å². The Kier molecular flexibility index (Phi) is 5.40. The van der Waals surface area contributed by atoms with Crippen LogP contribution in [-0.4, -0.2) is 71.1 Å². The van der Waals surface area contributed by atoms with Gasteiger partial charge >= 0.3 is 0 Å². The van der Waals surface area contributed by atoms with Gasteiger partial charge in [0.15, 0.2) is 5.01 Å². The van der Waals surface area contributed by atoms with Crippen LogP contribution in [0.2, 0.25) is 0 Å². The molecule has 0 radical (unpaired) electrons. The van der Waals surface area contributed by atoms with Crippen LogP contribution in [0.3, 0.4) is 0 Å². The molecule has 9 heteroatoms. The van der Waals surface area contributed by atoms with Gasteiger partial charge in [-0.2, -0.15) is 0 Å². The van der Waals surface area contributed by atoms with Crippen molar-refractivity contribution in [2.24, 2.45) is 5.92 Å². The summed E-state index contributed by atoms with van der Waals surface area (Å²) in [5, 5.41) is 12.6. The number of carbonyl (C=O) groups excluding carboxylic acids is 2. The fourth-order valence-corrected chi connectivity index (χ4v) is 5.35. The van der Waals surface area contributed by atoms with Crippen LogP contribution in [0.25, 0.3) is 9.88 Å². The number of likely N-dealkylation sites (tertiary alicyclic amines) is 1. The molecule has 0 aliphatic carbocycles. The van der Waals surface area contributed by atoms with Gasteiger partial charge in [0.1, 0.15) is 0 Å². The summed E-state index contributed by atoms with van der Waals surface area (Å²) in [4.78, 5) is 31.4. The van der Waals surface area contributed by atoms with Gasteiger partial charge in [-0.1, -0.05) is 17.4 Å². The Bertz CT molecular complexity index is 791. The Morgan fingerprint density at radius 1 is 1.04 bits per heavy atom. The fraction of sp³-hybridized carbons (Fsp3) is 0.556. The molecule has 0 unspecified atom stereocenters. The summed E-state index contributed by atoms with van der Waals surface area (Å²) in [7, 11) is 0. The van der Waals surface area contributed by atoms with Gasteiger partial charge in [-0.15, -0.1) is 21.5 Å². The average Bonchev–Trinajstić information content (AvgIpc) is 3.39. The topological polar surface area (TPSA) is 69.6 Å². The molecule has 144 valence electrons.